The first-order chi connectivity index (χ1) is 14.5. The molecule has 1 saturated heterocycles. The Kier molecular flexibility index (Phi) is 5.92. The van der Waals surface area contributed by atoms with Crippen LogP contribution < -0.4 is 5.32 Å². The maximum Gasteiger partial charge on any atom is 0.236 e. The van der Waals surface area contributed by atoms with E-state index >= 15 is 0 Å². The van der Waals surface area contributed by atoms with Crippen LogP contribution in [0.15, 0.2) is 72.3 Å². The molecule has 0 atom stereocenters. The fourth-order valence-electron chi connectivity index (χ4n) is 3.57. The maximum absolute atomic E-state index is 12.6. The van der Waals surface area contributed by atoms with Gasteiger partial charge in [-0.1, -0.05) is 48.5 Å². The second kappa shape index (κ2) is 8.77. The number of benzene rings is 2. The topological polar surface area (TPSA) is 79.4 Å². The fourth-order valence-corrected chi connectivity index (χ4v) is 4.79. The predicted octanol–water partition coefficient (Wildman–Crippen LogP) is 3.89. The van der Waals surface area contributed by atoms with Crippen molar-refractivity contribution in [2.45, 2.75) is 12.8 Å². The molecule has 2 heterocycles. The monoisotopic (exact) mass is 421 g/mol. The maximum atomic E-state index is 12.6. The van der Waals surface area contributed by atoms with E-state index in [4.69, 9.17) is 0 Å². The largest absolute Gasteiger partial charge is 0.324 e. The van der Waals surface area contributed by atoms with Crippen LogP contribution in [0.4, 0.5) is 5.69 Å². The normalized spacial score (nSPS) is 16.1. The minimum Gasteiger partial charge on any atom is -0.324 e. The number of nitrogens with zero attached hydrogens (tertiary/aromatic N) is 2. The molecule has 0 unspecified atom stereocenters. The molecule has 1 amide bonds. The SMILES string of the molecule is O=C(Nc1cnc2ccccc2c1)C1CCN(S(=O)(=O)/C=C/c2ccccc2)CC1. The number of hydrogen-bond acceptors (Lipinski definition) is 4. The van der Waals surface area contributed by atoms with Gasteiger partial charge in [0, 0.05) is 29.8 Å². The number of nitrogens with one attached hydrogen (secondary N) is 1. The standard InChI is InChI=1S/C23H23N3O3S/c27-23(25-21-16-20-8-4-5-9-22(20)24-17-21)19-10-13-26(14-11-19)30(28,29)15-12-18-6-2-1-3-7-18/h1-9,12,15-17,19H,10-11,13-14H2,(H,25,27)/b15-12+. The third kappa shape index (κ3) is 4.75. The number of hydrogen-bond donors (Lipinski definition) is 1. The lowest BCUT2D eigenvalue weighted by Crippen LogP contribution is -2.40. The van der Waals surface area contributed by atoms with E-state index in [9.17, 15) is 13.2 Å². The van der Waals surface area contributed by atoms with Gasteiger partial charge in [0.15, 0.2) is 0 Å². The Morgan fingerprint density at radius 1 is 1.03 bits per heavy atom. The lowest BCUT2D eigenvalue weighted by atomic mass is 9.97. The summed E-state index contributed by atoms with van der Waals surface area (Å²) >= 11 is 0. The van der Waals surface area contributed by atoms with E-state index in [2.05, 4.69) is 10.3 Å². The molecule has 0 spiro atoms. The minimum atomic E-state index is -3.50. The highest BCUT2D eigenvalue weighted by Crippen LogP contribution is 2.23. The fraction of sp³-hybridized carbons (Fsp3) is 0.217. The average molecular weight is 422 g/mol. The van der Waals surface area contributed by atoms with Gasteiger partial charge in [0.05, 0.1) is 17.4 Å². The highest BCUT2D eigenvalue weighted by molar-refractivity contribution is 7.92. The van der Waals surface area contributed by atoms with Gasteiger partial charge >= 0.3 is 0 Å². The predicted molar refractivity (Wildman–Crippen MR) is 119 cm³/mol. The Labute approximate surface area is 176 Å². The van der Waals surface area contributed by atoms with Crippen molar-refractivity contribution in [2.75, 3.05) is 18.4 Å². The van der Waals surface area contributed by atoms with Crippen molar-refractivity contribution in [3.05, 3.63) is 77.8 Å². The van der Waals surface area contributed by atoms with Crippen LogP contribution in [0.5, 0.6) is 0 Å². The van der Waals surface area contributed by atoms with Crippen LogP contribution in [0.2, 0.25) is 0 Å². The van der Waals surface area contributed by atoms with Crippen molar-refractivity contribution >= 4 is 38.6 Å². The molecule has 1 N–H and O–H groups in total. The van der Waals surface area contributed by atoms with Gasteiger partial charge in [0.1, 0.15) is 0 Å². The van der Waals surface area contributed by atoms with E-state index in [1.54, 1.807) is 12.3 Å². The van der Waals surface area contributed by atoms with E-state index in [0.29, 0.717) is 31.6 Å². The molecule has 6 nitrogen and oxygen atoms in total. The number of fused-ring (bicyclic) bond motifs is 1. The molecule has 1 fully saturated rings. The first kappa shape index (κ1) is 20.3. The lowest BCUT2D eigenvalue weighted by molar-refractivity contribution is -0.120. The molecule has 3 aromatic rings. The van der Waals surface area contributed by atoms with Gasteiger partial charge in [-0.2, -0.15) is 4.31 Å². The number of carbonyl (C=O) groups is 1. The number of rotatable bonds is 5. The zero-order valence-electron chi connectivity index (χ0n) is 16.4. The van der Waals surface area contributed by atoms with Crippen LogP contribution >= 0.6 is 0 Å². The van der Waals surface area contributed by atoms with Crippen LogP contribution in [0.25, 0.3) is 17.0 Å². The molecule has 7 heteroatoms. The summed E-state index contributed by atoms with van der Waals surface area (Å²) in [4.78, 5) is 17.0. The molecule has 0 aliphatic carbocycles. The number of piperidine rings is 1. The molecule has 0 radical (unpaired) electrons. The zero-order valence-corrected chi connectivity index (χ0v) is 17.3. The quantitative estimate of drug-likeness (QED) is 0.678. The molecular formula is C23H23N3O3S. The number of para-hydroxylation sites is 1. The molecule has 154 valence electrons. The Hall–Kier alpha value is -3.03. The Morgan fingerprint density at radius 2 is 1.73 bits per heavy atom. The molecule has 2 aromatic carbocycles. The minimum absolute atomic E-state index is 0.0936. The van der Waals surface area contributed by atoms with E-state index in [0.717, 1.165) is 16.5 Å². The number of pyridine rings is 1. The third-order valence-corrected chi connectivity index (χ3v) is 6.84. The number of carbonyl (C=O) groups excluding carboxylic acids is 1. The third-order valence-electron chi connectivity index (χ3n) is 5.27. The van der Waals surface area contributed by atoms with Gasteiger partial charge < -0.3 is 5.32 Å². The van der Waals surface area contributed by atoms with Crippen LogP contribution in [0.3, 0.4) is 0 Å². The Bertz CT molecular complexity index is 1170. The van der Waals surface area contributed by atoms with E-state index < -0.39 is 10.0 Å². The first-order valence-electron chi connectivity index (χ1n) is 9.90. The van der Waals surface area contributed by atoms with Crippen LogP contribution in [-0.4, -0.2) is 36.7 Å². The second-order valence-corrected chi connectivity index (χ2v) is 9.16. The Balaban J connectivity index is 1.35. The van der Waals surface area contributed by atoms with Crippen molar-refractivity contribution in [3.8, 4) is 0 Å². The van der Waals surface area contributed by atoms with Crippen LogP contribution in [0, 0.1) is 5.92 Å². The summed E-state index contributed by atoms with van der Waals surface area (Å²) in [6.07, 6.45) is 4.23. The summed E-state index contributed by atoms with van der Waals surface area (Å²) in [6.45, 7) is 0.658. The molecule has 0 bridgehead atoms. The van der Waals surface area contributed by atoms with Gasteiger partial charge in [0.2, 0.25) is 15.9 Å². The smallest absolute Gasteiger partial charge is 0.236 e. The second-order valence-electron chi connectivity index (χ2n) is 7.34. The molecule has 0 saturated carbocycles. The van der Waals surface area contributed by atoms with Crippen molar-refractivity contribution < 1.29 is 13.2 Å². The van der Waals surface area contributed by atoms with Crippen LogP contribution in [-0.2, 0) is 14.8 Å². The van der Waals surface area contributed by atoms with Crippen molar-refractivity contribution in [3.63, 3.8) is 0 Å². The number of amides is 1. The van der Waals surface area contributed by atoms with Gasteiger partial charge in [-0.25, -0.2) is 8.42 Å². The van der Waals surface area contributed by atoms with E-state index in [1.807, 2.05) is 60.7 Å². The molecule has 1 aliphatic rings. The van der Waals surface area contributed by atoms with Gasteiger partial charge in [0.25, 0.3) is 0 Å². The van der Waals surface area contributed by atoms with Gasteiger partial charge in [-0.15, -0.1) is 0 Å². The molecule has 4 rings (SSSR count). The molecule has 1 aromatic heterocycles. The summed E-state index contributed by atoms with van der Waals surface area (Å²) in [5.74, 6) is -0.315. The summed E-state index contributed by atoms with van der Waals surface area (Å²) in [7, 11) is -3.50. The molecule has 1 aliphatic heterocycles. The highest BCUT2D eigenvalue weighted by Gasteiger charge is 2.30. The van der Waals surface area contributed by atoms with E-state index in [1.165, 1.54) is 9.71 Å². The van der Waals surface area contributed by atoms with Crippen molar-refractivity contribution in [1.82, 2.24) is 9.29 Å². The van der Waals surface area contributed by atoms with Gasteiger partial charge in [-0.3, -0.25) is 9.78 Å². The number of sulfonamides is 1. The molecule has 30 heavy (non-hydrogen) atoms. The molecular weight excluding hydrogens is 398 g/mol. The summed E-state index contributed by atoms with van der Waals surface area (Å²) < 4.78 is 26.6. The van der Waals surface area contributed by atoms with Crippen LogP contribution in [0.1, 0.15) is 18.4 Å². The summed E-state index contributed by atoms with van der Waals surface area (Å²) in [6, 6.07) is 18.9. The van der Waals surface area contributed by atoms with E-state index in [-0.39, 0.29) is 11.8 Å². The van der Waals surface area contributed by atoms with Crippen molar-refractivity contribution in [2.24, 2.45) is 5.92 Å². The Morgan fingerprint density at radius 3 is 2.50 bits per heavy atom. The number of aromatic nitrogens is 1. The van der Waals surface area contributed by atoms with Crippen molar-refractivity contribution in [1.29, 1.82) is 0 Å². The van der Waals surface area contributed by atoms with Gasteiger partial charge in [-0.05, 0) is 36.6 Å². The number of anilines is 1. The summed E-state index contributed by atoms with van der Waals surface area (Å²) in [5.41, 5.74) is 2.36. The lowest BCUT2D eigenvalue weighted by Gasteiger charge is -2.29. The first-order valence-corrected chi connectivity index (χ1v) is 11.4. The highest BCUT2D eigenvalue weighted by atomic mass is 32.2. The summed E-state index contributed by atoms with van der Waals surface area (Å²) in [5, 5.41) is 5.12. The average Bonchev–Trinajstić information content (AvgIpc) is 2.78. The zero-order chi connectivity index (χ0) is 21.0.